The molecule has 31 heavy (non-hydrogen) atoms. The lowest BCUT2D eigenvalue weighted by atomic mass is 10.1. The number of hydrogen-bond donors (Lipinski definition) is 3. The summed E-state index contributed by atoms with van der Waals surface area (Å²) in [6, 6.07) is 6.47. The molecule has 3 N–H and O–H groups in total. The number of phenols is 1. The number of rotatable bonds is 6. The molecule has 3 aromatic rings. The van der Waals surface area contributed by atoms with Gasteiger partial charge in [-0.1, -0.05) is 0 Å². The lowest BCUT2D eigenvalue weighted by Crippen LogP contribution is -2.35. The summed E-state index contributed by atoms with van der Waals surface area (Å²) in [5, 5.41) is 21.8. The van der Waals surface area contributed by atoms with Crippen molar-refractivity contribution >= 4 is 28.7 Å². The first-order valence-electron chi connectivity index (χ1n) is 9.42. The average molecular weight is 430 g/mol. The maximum atomic E-state index is 13.6. The summed E-state index contributed by atoms with van der Waals surface area (Å²) in [7, 11) is 0. The van der Waals surface area contributed by atoms with Gasteiger partial charge in [0.05, 0.1) is 18.4 Å². The number of phenolic OH excluding ortho intramolecular Hbond substituents is 1. The molecule has 1 aromatic heterocycles. The number of fused-ring (bicyclic) bond motifs is 1. The number of amides is 1. The highest BCUT2D eigenvalue weighted by Crippen LogP contribution is 2.30. The fourth-order valence-corrected chi connectivity index (χ4v) is 3.51. The number of halogens is 2. The molecule has 9 heteroatoms. The minimum atomic E-state index is -1.16. The van der Waals surface area contributed by atoms with Crippen molar-refractivity contribution in [2.24, 2.45) is 0 Å². The summed E-state index contributed by atoms with van der Waals surface area (Å²) in [5.41, 5.74) is 1.13. The van der Waals surface area contributed by atoms with Gasteiger partial charge in [0.25, 0.3) is 5.91 Å². The zero-order valence-corrected chi connectivity index (χ0v) is 16.8. The van der Waals surface area contributed by atoms with Crippen molar-refractivity contribution in [2.75, 3.05) is 0 Å². The maximum absolute atomic E-state index is 13.6. The summed E-state index contributed by atoms with van der Waals surface area (Å²) in [6.07, 6.45) is -0.421. The first-order chi connectivity index (χ1) is 14.6. The second-order valence-electron chi connectivity index (χ2n) is 7.28. The second kappa shape index (κ2) is 8.55. The van der Waals surface area contributed by atoms with Gasteiger partial charge in [-0.05, 0) is 55.8 Å². The lowest BCUT2D eigenvalue weighted by molar-refractivity contribution is -0.137. The van der Waals surface area contributed by atoms with E-state index in [0.29, 0.717) is 22.2 Å². The maximum Gasteiger partial charge on any atom is 0.305 e. The van der Waals surface area contributed by atoms with E-state index in [1.807, 2.05) is 0 Å². The number of nitrogens with one attached hydrogen (secondary N) is 1. The van der Waals surface area contributed by atoms with Crippen molar-refractivity contribution in [1.82, 2.24) is 9.88 Å². The van der Waals surface area contributed by atoms with Crippen LogP contribution in [0, 0.1) is 18.6 Å². The molecule has 162 valence electrons. The van der Waals surface area contributed by atoms with Crippen molar-refractivity contribution in [1.29, 1.82) is 0 Å². The van der Waals surface area contributed by atoms with Crippen LogP contribution in [0.15, 0.2) is 36.4 Å². The fourth-order valence-electron chi connectivity index (χ4n) is 3.51. The number of hydrogen-bond acceptors (Lipinski definition) is 4. The van der Waals surface area contributed by atoms with Crippen LogP contribution in [0.5, 0.6) is 5.75 Å². The molecule has 0 radical (unpaired) electrons. The first-order valence-corrected chi connectivity index (χ1v) is 9.42. The van der Waals surface area contributed by atoms with Gasteiger partial charge >= 0.3 is 5.97 Å². The van der Waals surface area contributed by atoms with E-state index >= 15 is 0 Å². The predicted molar refractivity (Wildman–Crippen MR) is 108 cm³/mol. The summed E-state index contributed by atoms with van der Waals surface area (Å²) < 4.78 is 28.2. The van der Waals surface area contributed by atoms with E-state index < -0.39 is 35.5 Å². The third-order valence-corrected chi connectivity index (χ3v) is 4.91. The minimum absolute atomic E-state index is 0.0779. The number of aromatic hydroxyl groups is 1. The largest absolute Gasteiger partial charge is 0.508 e. The van der Waals surface area contributed by atoms with Gasteiger partial charge in [-0.15, -0.1) is 0 Å². The smallest absolute Gasteiger partial charge is 0.305 e. The van der Waals surface area contributed by atoms with E-state index in [2.05, 4.69) is 5.32 Å². The van der Waals surface area contributed by atoms with Crippen LogP contribution in [0.1, 0.15) is 35.0 Å². The van der Waals surface area contributed by atoms with E-state index in [9.17, 15) is 28.3 Å². The molecule has 1 unspecified atom stereocenters. The molecular weight excluding hydrogens is 410 g/mol. The van der Waals surface area contributed by atoms with Crippen molar-refractivity contribution in [2.45, 2.75) is 32.7 Å². The van der Waals surface area contributed by atoms with Crippen LogP contribution in [0.2, 0.25) is 0 Å². The van der Waals surface area contributed by atoms with Crippen molar-refractivity contribution in [3.63, 3.8) is 0 Å². The molecule has 0 saturated carbocycles. The second-order valence-corrected chi connectivity index (χ2v) is 7.28. The van der Waals surface area contributed by atoms with Crippen LogP contribution in [0.4, 0.5) is 8.78 Å². The number of aromatic nitrogens is 1. The number of carbonyl (C=O) groups excluding carboxylic acids is 2. The van der Waals surface area contributed by atoms with E-state index in [4.69, 9.17) is 5.11 Å². The van der Waals surface area contributed by atoms with Crippen molar-refractivity contribution in [3.05, 3.63) is 64.9 Å². The molecule has 0 aliphatic rings. The monoisotopic (exact) mass is 430 g/mol. The Balaban J connectivity index is 2.03. The Kier molecular flexibility index (Phi) is 6.05. The number of carboxylic acid groups (broad SMARTS) is 1. The molecule has 1 heterocycles. The van der Waals surface area contributed by atoms with Gasteiger partial charge in [-0.3, -0.25) is 19.0 Å². The highest BCUT2D eigenvalue weighted by molar-refractivity contribution is 6.05. The number of nitrogens with zero attached hydrogens (tertiary/aromatic N) is 1. The molecular formula is C22H20F2N2O5. The first kappa shape index (κ1) is 21.9. The molecule has 3 rings (SSSR count). The van der Waals surface area contributed by atoms with E-state index in [0.717, 1.165) is 18.2 Å². The molecule has 0 bridgehead atoms. The Hall–Kier alpha value is -3.75. The molecule has 0 aliphatic carbocycles. The zero-order chi connectivity index (χ0) is 22.9. The molecule has 1 atom stereocenters. The fraction of sp³-hybridized carbons (Fsp3) is 0.227. The van der Waals surface area contributed by atoms with Gasteiger partial charge < -0.3 is 15.5 Å². The summed E-state index contributed by atoms with van der Waals surface area (Å²) in [5.74, 6) is -4.46. The topological polar surface area (TPSA) is 109 Å². The van der Waals surface area contributed by atoms with Crippen LogP contribution >= 0.6 is 0 Å². The lowest BCUT2D eigenvalue weighted by Gasteiger charge is -2.12. The molecule has 1 amide bonds. The number of carboxylic acids is 1. The number of benzene rings is 2. The molecule has 2 aromatic carbocycles. The summed E-state index contributed by atoms with van der Waals surface area (Å²) >= 11 is 0. The summed E-state index contributed by atoms with van der Waals surface area (Å²) in [4.78, 5) is 36.3. The Bertz CT molecular complexity index is 1200. The molecule has 0 aliphatic heterocycles. The van der Waals surface area contributed by atoms with Gasteiger partial charge in [-0.25, -0.2) is 8.78 Å². The highest BCUT2D eigenvalue weighted by atomic mass is 19.2. The number of carbonyl (C=O) groups is 3. The minimum Gasteiger partial charge on any atom is -0.508 e. The Morgan fingerprint density at radius 1 is 1.10 bits per heavy atom. The predicted octanol–water partition coefficient (Wildman–Crippen LogP) is 3.14. The molecule has 7 nitrogen and oxygen atoms in total. The van der Waals surface area contributed by atoms with Crippen LogP contribution in [0.3, 0.4) is 0 Å². The SMILES string of the molecule is Cc1c(CC(=O)NC(C)CC(=O)O)c2cc(O)ccc2n1C(=O)c1ccc(F)c(F)c1. The van der Waals surface area contributed by atoms with Gasteiger partial charge in [-0.2, -0.15) is 0 Å². The van der Waals surface area contributed by atoms with Crippen molar-refractivity contribution < 1.29 is 33.4 Å². The van der Waals surface area contributed by atoms with Crippen LogP contribution in [-0.4, -0.2) is 38.6 Å². The third kappa shape index (κ3) is 4.55. The Morgan fingerprint density at radius 2 is 1.81 bits per heavy atom. The molecule has 0 saturated heterocycles. The molecule has 0 spiro atoms. The van der Waals surface area contributed by atoms with Crippen LogP contribution in [-0.2, 0) is 16.0 Å². The van der Waals surface area contributed by atoms with E-state index in [1.54, 1.807) is 13.8 Å². The number of aliphatic carboxylic acids is 1. The van der Waals surface area contributed by atoms with Crippen LogP contribution < -0.4 is 5.32 Å². The zero-order valence-electron chi connectivity index (χ0n) is 16.8. The van der Waals surface area contributed by atoms with E-state index in [-0.39, 0.29) is 24.2 Å². The van der Waals surface area contributed by atoms with Gasteiger partial charge in [0, 0.05) is 22.7 Å². The highest BCUT2D eigenvalue weighted by Gasteiger charge is 2.23. The van der Waals surface area contributed by atoms with Gasteiger partial charge in [0.2, 0.25) is 5.91 Å². The Labute approximate surface area is 175 Å². The quantitative estimate of drug-likeness (QED) is 0.557. The summed E-state index contributed by atoms with van der Waals surface area (Å²) in [6.45, 7) is 3.15. The normalized spacial score (nSPS) is 12.0. The van der Waals surface area contributed by atoms with Crippen molar-refractivity contribution in [3.8, 4) is 5.75 Å². The molecule has 0 fully saturated rings. The van der Waals surface area contributed by atoms with E-state index in [1.165, 1.54) is 22.8 Å². The Morgan fingerprint density at radius 3 is 2.45 bits per heavy atom. The standard InChI is InChI=1S/C22H20F2N2O5/c1-11(7-21(29)30)25-20(28)10-15-12(2)26(19-6-4-14(27)9-16(15)19)22(31)13-3-5-17(23)18(24)8-13/h3-6,8-9,11,27H,7,10H2,1-2H3,(H,25,28)(H,29,30). The average Bonchev–Trinajstić information content (AvgIpc) is 2.93. The van der Waals surface area contributed by atoms with Gasteiger partial charge in [0.1, 0.15) is 5.75 Å². The van der Waals surface area contributed by atoms with Gasteiger partial charge in [0.15, 0.2) is 11.6 Å². The third-order valence-electron chi connectivity index (χ3n) is 4.91. The van der Waals surface area contributed by atoms with Crippen LogP contribution in [0.25, 0.3) is 10.9 Å².